The molecule has 0 saturated carbocycles. The van der Waals surface area contributed by atoms with Gasteiger partial charge in [-0.25, -0.2) is 0 Å². The molecule has 0 N–H and O–H groups in total. The summed E-state index contributed by atoms with van der Waals surface area (Å²) in [4.78, 5) is 0. The van der Waals surface area contributed by atoms with Crippen LogP contribution in [0.4, 0.5) is 0 Å². The van der Waals surface area contributed by atoms with E-state index in [1.54, 1.807) is 0 Å². The number of fused-ring (bicyclic) bond motifs is 14. The third-order valence-corrected chi connectivity index (χ3v) is 14.2. The van der Waals surface area contributed by atoms with Crippen LogP contribution in [0.3, 0.4) is 0 Å². The smallest absolute Gasteiger partial charge is 0.0633 e. The van der Waals surface area contributed by atoms with Crippen LogP contribution in [0, 0.1) is 0 Å². The van der Waals surface area contributed by atoms with Gasteiger partial charge in [0.05, 0.1) is 33.6 Å². The van der Waals surface area contributed by atoms with Crippen LogP contribution in [0.5, 0.6) is 0 Å². The van der Waals surface area contributed by atoms with Gasteiger partial charge < -0.3 is 8.97 Å². The number of allylic oxidation sites excluding steroid dienone is 4. The summed E-state index contributed by atoms with van der Waals surface area (Å²) in [5.41, 5.74) is 17.3. The van der Waals surface area contributed by atoms with Crippen molar-refractivity contribution in [1.82, 2.24) is 8.97 Å². The second kappa shape index (κ2) is 11.5. The zero-order chi connectivity index (χ0) is 40.4. The molecule has 0 amide bonds. The maximum atomic E-state index is 2.67. The van der Waals surface area contributed by atoms with Crippen LogP contribution in [0.25, 0.3) is 109 Å². The molecule has 1 unspecified atom stereocenters. The van der Waals surface area contributed by atoms with Crippen molar-refractivity contribution in [3.05, 3.63) is 168 Å². The zero-order valence-corrected chi connectivity index (χ0v) is 35.1. The number of hydrogen-bond acceptors (Lipinski definition) is 0. The Kier molecular flexibility index (Phi) is 6.59. The molecule has 2 heteroatoms. The third-order valence-electron chi connectivity index (χ3n) is 14.2. The van der Waals surface area contributed by atoms with Gasteiger partial charge in [-0.15, -0.1) is 0 Å². The van der Waals surface area contributed by atoms with E-state index in [4.69, 9.17) is 0 Å². The molecule has 1 atom stereocenters. The van der Waals surface area contributed by atoms with Crippen LogP contribution in [0.1, 0.15) is 70.7 Å². The summed E-state index contributed by atoms with van der Waals surface area (Å²) in [5, 5.41) is 13.1. The minimum absolute atomic E-state index is 0.0558. The highest BCUT2D eigenvalue weighted by Crippen LogP contribution is 2.53. The summed E-state index contributed by atoms with van der Waals surface area (Å²) in [7, 11) is 0. The molecule has 288 valence electrons. The molecule has 3 aromatic heterocycles. The van der Waals surface area contributed by atoms with Gasteiger partial charge in [-0.3, -0.25) is 0 Å². The summed E-state index contributed by atoms with van der Waals surface area (Å²) in [6.07, 6.45) is 7.94. The molecule has 2 aliphatic rings. The number of nitrogens with zero attached hydrogens (tertiary/aromatic N) is 2. The minimum atomic E-state index is 0.0558. The second-order valence-electron chi connectivity index (χ2n) is 19.7. The van der Waals surface area contributed by atoms with Gasteiger partial charge in [0.25, 0.3) is 0 Å². The zero-order valence-electron chi connectivity index (χ0n) is 35.1. The van der Waals surface area contributed by atoms with Crippen molar-refractivity contribution in [2.75, 3.05) is 0 Å². The Morgan fingerprint density at radius 2 is 0.967 bits per heavy atom. The van der Waals surface area contributed by atoms with E-state index >= 15 is 0 Å². The van der Waals surface area contributed by atoms with Crippen LogP contribution in [-0.4, -0.2) is 8.97 Å². The first-order valence-electron chi connectivity index (χ1n) is 21.7. The average molecular weight is 771 g/mol. The molecule has 60 heavy (non-hydrogen) atoms. The maximum absolute atomic E-state index is 2.67. The van der Waals surface area contributed by atoms with Crippen molar-refractivity contribution in [2.24, 2.45) is 0 Å². The molecule has 4 heterocycles. The Hall–Kier alpha value is -6.64. The van der Waals surface area contributed by atoms with Crippen LogP contribution in [-0.2, 0) is 10.8 Å². The fourth-order valence-electron chi connectivity index (χ4n) is 11.3. The topological polar surface area (TPSA) is 9.34 Å². The van der Waals surface area contributed by atoms with Gasteiger partial charge in [-0.05, 0) is 108 Å². The number of benzene rings is 8. The molecule has 0 saturated heterocycles. The van der Waals surface area contributed by atoms with Gasteiger partial charge in [0.15, 0.2) is 0 Å². The van der Waals surface area contributed by atoms with E-state index in [0.717, 1.165) is 6.42 Å². The summed E-state index contributed by atoms with van der Waals surface area (Å²) in [6, 6.07) is 52.3. The summed E-state index contributed by atoms with van der Waals surface area (Å²) < 4.78 is 5.21. The summed E-state index contributed by atoms with van der Waals surface area (Å²) >= 11 is 0. The van der Waals surface area contributed by atoms with Crippen molar-refractivity contribution in [2.45, 2.75) is 64.8 Å². The molecule has 0 fully saturated rings. The highest BCUT2D eigenvalue weighted by Gasteiger charge is 2.33. The minimum Gasteiger partial charge on any atom is -0.332 e. The molecule has 0 spiro atoms. The summed E-state index contributed by atoms with van der Waals surface area (Å²) in [6.45, 7) is 13.9. The number of hydrogen-bond donors (Lipinski definition) is 0. The van der Waals surface area contributed by atoms with Gasteiger partial charge in [-0.1, -0.05) is 163 Å². The molecule has 8 aromatic carbocycles. The van der Waals surface area contributed by atoms with Crippen LogP contribution < -0.4 is 0 Å². The molecular formula is C58H46N2. The molecule has 1 aliphatic carbocycles. The number of rotatable bonds is 2. The van der Waals surface area contributed by atoms with E-state index in [0.29, 0.717) is 6.04 Å². The van der Waals surface area contributed by atoms with Crippen molar-refractivity contribution in [3.63, 3.8) is 0 Å². The van der Waals surface area contributed by atoms with E-state index < -0.39 is 0 Å². The molecular weight excluding hydrogens is 725 g/mol. The van der Waals surface area contributed by atoms with Crippen LogP contribution in [0.2, 0.25) is 0 Å². The molecule has 2 nitrogen and oxygen atoms in total. The number of aromatic nitrogens is 2. The van der Waals surface area contributed by atoms with E-state index in [1.807, 2.05) is 0 Å². The second-order valence-corrected chi connectivity index (χ2v) is 19.7. The monoisotopic (exact) mass is 770 g/mol. The Labute approximate surface area is 350 Å². The highest BCUT2D eigenvalue weighted by atomic mass is 15.0. The van der Waals surface area contributed by atoms with E-state index in [9.17, 15) is 0 Å². The normalized spacial score (nSPS) is 15.6. The van der Waals surface area contributed by atoms with Gasteiger partial charge in [0.1, 0.15) is 0 Å². The predicted octanol–water partition coefficient (Wildman–Crippen LogP) is 16.1. The third kappa shape index (κ3) is 4.44. The largest absolute Gasteiger partial charge is 0.332 e. The fourth-order valence-corrected chi connectivity index (χ4v) is 11.3. The maximum Gasteiger partial charge on any atom is 0.0633 e. The van der Waals surface area contributed by atoms with Crippen molar-refractivity contribution >= 4 is 87.0 Å². The van der Waals surface area contributed by atoms with Crippen molar-refractivity contribution in [3.8, 4) is 22.3 Å². The Morgan fingerprint density at radius 3 is 1.60 bits per heavy atom. The van der Waals surface area contributed by atoms with Gasteiger partial charge in [0, 0.05) is 37.9 Å². The van der Waals surface area contributed by atoms with Crippen LogP contribution >= 0.6 is 0 Å². The fraction of sp³-hybridized carbons (Fsp3) is 0.172. The van der Waals surface area contributed by atoms with Gasteiger partial charge >= 0.3 is 0 Å². The Bertz CT molecular complexity index is 3720. The first-order valence-corrected chi connectivity index (χ1v) is 21.7. The standard InChI is InChI=1S/C58H46N2/c1-57(2,3)35-25-21-33(22-26-35)53-45-29-43-41-17-11-15-39-38-14-8-10-20-50(38)60(55(39)41)52(43)32-48(45)54(34-23-27-36(28-24-34)58(4,5)6)46-30-44-42-18-12-16-40-37-13-7-9-19-49(37)59(56(40)42)51(44)31-47(46)53/h7-19,21-32,50H,20H2,1-6H3. The number of para-hydroxylation sites is 3. The lowest BCUT2D eigenvalue weighted by Gasteiger charge is -2.23. The van der Waals surface area contributed by atoms with Crippen LogP contribution in [0.15, 0.2) is 152 Å². The summed E-state index contributed by atoms with van der Waals surface area (Å²) in [5.74, 6) is 0. The van der Waals surface area contributed by atoms with Crippen molar-refractivity contribution in [1.29, 1.82) is 0 Å². The molecule has 0 bridgehead atoms. The lowest BCUT2D eigenvalue weighted by atomic mass is 9.82. The van der Waals surface area contributed by atoms with E-state index in [-0.39, 0.29) is 10.8 Å². The van der Waals surface area contributed by atoms with Crippen molar-refractivity contribution < 1.29 is 0 Å². The lowest BCUT2D eigenvalue weighted by Crippen LogP contribution is -2.10. The Balaban J connectivity index is 1.25. The van der Waals surface area contributed by atoms with Gasteiger partial charge in [0.2, 0.25) is 0 Å². The van der Waals surface area contributed by atoms with Gasteiger partial charge in [-0.2, -0.15) is 0 Å². The predicted molar refractivity (Wildman–Crippen MR) is 258 cm³/mol. The first-order chi connectivity index (χ1) is 29.0. The van der Waals surface area contributed by atoms with E-state index in [2.05, 4.69) is 202 Å². The van der Waals surface area contributed by atoms with E-state index in [1.165, 1.54) is 126 Å². The SMILES string of the molecule is CC(C)(C)c1ccc(-c2c3cc4c5cccc6c7ccccc7n(c4cc3c(-c3ccc(C(C)(C)C)cc3)c3cc4c7cccc8c7n(c4cc23)C2CC=CC=C82)c65)cc1. The molecule has 1 aliphatic heterocycles. The molecule has 11 aromatic rings. The average Bonchev–Trinajstić information content (AvgIpc) is 3.97. The molecule has 13 rings (SSSR count). The quantitative estimate of drug-likeness (QED) is 0.155. The lowest BCUT2D eigenvalue weighted by molar-refractivity contribution is 0.590. The highest BCUT2D eigenvalue weighted by molar-refractivity contribution is 6.30. The molecule has 0 radical (unpaired) electrons. The Morgan fingerprint density at radius 1 is 0.450 bits per heavy atom. The first kappa shape index (κ1) is 34.2.